The van der Waals surface area contributed by atoms with E-state index in [1.54, 1.807) is 24.3 Å². The Kier molecular flexibility index (Phi) is 5.89. The number of hydrogen-bond acceptors (Lipinski definition) is 7. The van der Waals surface area contributed by atoms with E-state index >= 15 is 0 Å². The zero-order valence-corrected chi connectivity index (χ0v) is 19.6. The highest BCUT2D eigenvalue weighted by Gasteiger charge is 2.48. The van der Waals surface area contributed by atoms with E-state index in [0.717, 1.165) is 22.3 Å². The lowest BCUT2D eigenvalue weighted by Crippen LogP contribution is -2.29. The van der Waals surface area contributed by atoms with Gasteiger partial charge in [-0.2, -0.15) is 0 Å². The highest BCUT2D eigenvalue weighted by Crippen LogP contribution is 2.45. The summed E-state index contributed by atoms with van der Waals surface area (Å²) in [6.07, 6.45) is 0. The quantitative estimate of drug-likeness (QED) is 0.216. The number of carbonyl (C=O) groups excluding carboxylic acids is 2. The van der Waals surface area contributed by atoms with Crippen molar-refractivity contribution in [2.24, 2.45) is 0 Å². The topological polar surface area (TPSA) is 100.0 Å². The number of rotatable bonds is 5. The van der Waals surface area contributed by atoms with E-state index in [1.807, 2.05) is 6.92 Å². The van der Waals surface area contributed by atoms with Gasteiger partial charge in [0, 0.05) is 11.6 Å². The number of ether oxygens (including phenoxy) is 1. The van der Waals surface area contributed by atoms with Crippen LogP contribution < -0.4 is 9.64 Å². The van der Waals surface area contributed by atoms with Crippen LogP contribution in [-0.2, 0) is 9.59 Å². The number of phenolic OH excluding ortho intramolecular Hbond substituents is 1. The molecule has 0 aliphatic carbocycles. The summed E-state index contributed by atoms with van der Waals surface area (Å²) >= 11 is 0.839. The third-order valence-corrected chi connectivity index (χ3v) is 6.70. The van der Waals surface area contributed by atoms with Crippen LogP contribution in [-0.4, -0.2) is 33.5 Å². The van der Waals surface area contributed by atoms with E-state index in [1.165, 1.54) is 24.3 Å². The number of nitrogens with zero attached hydrogens (tertiary/aromatic N) is 2. The zero-order chi connectivity index (χ0) is 25.6. The minimum Gasteiger partial charge on any atom is -0.508 e. The first kappa shape index (κ1) is 23.4. The molecule has 4 aromatic rings. The second-order valence-electron chi connectivity index (χ2n) is 7.95. The van der Waals surface area contributed by atoms with Gasteiger partial charge < -0.3 is 14.9 Å². The molecule has 182 valence electrons. The van der Waals surface area contributed by atoms with E-state index in [4.69, 9.17) is 4.74 Å². The summed E-state index contributed by atoms with van der Waals surface area (Å²) in [5, 5.41) is 20.9. The normalized spacial score (nSPS) is 17.2. The lowest BCUT2D eigenvalue weighted by atomic mass is 9.95. The number of aromatic hydroxyl groups is 1. The second kappa shape index (κ2) is 9.04. The molecule has 1 amide bonds. The average molecular weight is 509 g/mol. The van der Waals surface area contributed by atoms with Crippen LogP contribution in [0.25, 0.3) is 16.0 Å². The zero-order valence-electron chi connectivity index (χ0n) is 18.7. The van der Waals surface area contributed by atoms with Gasteiger partial charge in [0.05, 0.1) is 22.9 Å². The number of aromatic nitrogens is 1. The molecule has 1 aliphatic rings. The molecule has 1 unspecified atom stereocenters. The molecule has 2 heterocycles. The number of fused-ring (bicyclic) bond motifs is 1. The number of amides is 1. The van der Waals surface area contributed by atoms with Crippen LogP contribution >= 0.6 is 11.3 Å². The molecule has 10 heteroatoms. The van der Waals surface area contributed by atoms with Crippen molar-refractivity contribution < 1.29 is 33.3 Å². The highest BCUT2D eigenvalue weighted by molar-refractivity contribution is 7.22. The maximum absolute atomic E-state index is 14.3. The predicted octanol–water partition coefficient (Wildman–Crippen LogP) is 5.31. The van der Waals surface area contributed by atoms with Gasteiger partial charge in [-0.15, -0.1) is 0 Å². The number of hydrogen-bond donors (Lipinski definition) is 2. The van der Waals surface area contributed by atoms with Gasteiger partial charge in [0.15, 0.2) is 10.9 Å². The Morgan fingerprint density at radius 3 is 2.44 bits per heavy atom. The number of anilines is 1. The van der Waals surface area contributed by atoms with Gasteiger partial charge in [-0.3, -0.25) is 14.5 Å². The van der Waals surface area contributed by atoms with Crippen molar-refractivity contribution in [3.63, 3.8) is 0 Å². The molecule has 1 atom stereocenters. The SMILES string of the molecule is CCOc1ccc(/C(O)=C2\C(=O)C(=O)N(c3nc4c(F)cc(F)cc4s3)C2c2ccc(O)cc2)cc1. The summed E-state index contributed by atoms with van der Waals surface area (Å²) in [6.45, 7) is 2.28. The first-order chi connectivity index (χ1) is 17.3. The molecular weight excluding hydrogens is 490 g/mol. The molecule has 2 N–H and O–H groups in total. The van der Waals surface area contributed by atoms with Crippen molar-refractivity contribution in [1.29, 1.82) is 0 Å². The number of halogens is 2. The third-order valence-electron chi connectivity index (χ3n) is 5.70. The Labute approximate surface area is 207 Å². The molecule has 36 heavy (non-hydrogen) atoms. The summed E-state index contributed by atoms with van der Waals surface area (Å²) in [5.41, 5.74) is 0.318. The van der Waals surface area contributed by atoms with Gasteiger partial charge >= 0.3 is 5.91 Å². The molecule has 1 aliphatic heterocycles. The standard InChI is InChI=1S/C26H18F2N2O5S/c1-2-35-17-9-5-14(6-10-17)23(32)20-22(13-3-7-16(31)8-4-13)30(25(34)24(20)33)26-29-21-18(28)11-15(27)12-19(21)36-26/h3-12,22,31-32H,2H2,1H3/b23-20+. The number of phenols is 1. The Morgan fingerprint density at radius 1 is 1.08 bits per heavy atom. The molecule has 0 saturated carbocycles. The van der Waals surface area contributed by atoms with Crippen LogP contribution in [0.15, 0.2) is 66.2 Å². The van der Waals surface area contributed by atoms with Gasteiger partial charge in [-0.1, -0.05) is 23.5 Å². The van der Waals surface area contributed by atoms with Crippen molar-refractivity contribution >= 4 is 44.1 Å². The van der Waals surface area contributed by atoms with E-state index in [-0.39, 0.29) is 32.2 Å². The van der Waals surface area contributed by atoms with Crippen LogP contribution in [0.5, 0.6) is 11.5 Å². The lowest BCUT2D eigenvalue weighted by molar-refractivity contribution is -0.132. The summed E-state index contributed by atoms with van der Waals surface area (Å²) in [5.74, 6) is -3.56. The van der Waals surface area contributed by atoms with Gasteiger partial charge in [0.2, 0.25) is 0 Å². The molecular formula is C26H18F2N2O5S. The summed E-state index contributed by atoms with van der Waals surface area (Å²) in [4.78, 5) is 31.7. The van der Waals surface area contributed by atoms with Crippen LogP contribution in [0.4, 0.5) is 13.9 Å². The summed E-state index contributed by atoms with van der Waals surface area (Å²) in [7, 11) is 0. The van der Waals surface area contributed by atoms with E-state index in [9.17, 15) is 28.6 Å². The number of benzene rings is 3. The first-order valence-corrected chi connectivity index (χ1v) is 11.7. The van der Waals surface area contributed by atoms with Gasteiger partial charge in [-0.05, 0) is 55.0 Å². The molecule has 1 fully saturated rings. The van der Waals surface area contributed by atoms with E-state index in [0.29, 0.717) is 24.0 Å². The first-order valence-electron chi connectivity index (χ1n) is 10.9. The average Bonchev–Trinajstić information content (AvgIpc) is 3.38. The fraction of sp³-hybridized carbons (Fsp3) is 0.115. The number of ketones is 1. The number of thiazole rings is 1. The largest absolute Gasteiger partial charge is 0.508 e. The Bertz CT molecular complexity index is 1530. The van der Waals surface area contributed by atoms with Gasteiger partial charge in [-0.25, -0.2) is 13.8 Å². The van der Waals surface area contributed by atoms with E-state index < -0.39 is 35.1 Å². The fourth-order valence-corrected chi connectivity index (χ4v) is 5.11. The lowest BCUT2D eigenvalue weighted by Gasteiger charge is -2.23. The minimum absolute atomic E-state index is 0.0413. The number of carbonyl (C=O) groups is 2. The highest BCUT2D eigenvalue weighted by atomic mass is 32.1. The monoisotopic (exact) mass is 508 g/mol. The van der Waals surface area contributed by atoms with Crippen LogP contribution in [0, 0.1) is 11.6 Å². The maximum Gasteiger partial charge on any atom is 0.301 e. The maximum atomic E-state index is 14.3. The molecule has 3 aromatic carbocycles. The number of aliphatic hydroxyl groups excluding tert-OH is 1. The van der Waals surface area contributed by atoms with Crippen LogP contribution in [0.2, 0.25) is 0 Å². The van der Waals surface area contributed by atoms with Crippen LogP contribution in [0.1, 0.15) is 24.1 Å². The molecule has 0 radical (unpaired) electrons. The fourth-order valence-electron chi connectivity index (χ4n) is 4.08. The Balaban J connectivity index is 1.69. The predicted molar refractivity (Wildman–Crippen MR) is 130 cm³/mol. The number of aliphatic hydroxyl groups is 1. The molecule has 0 bridgehead atoms. The molecule has 1 saturated heterocycles. The molecule has 1 aromatic heterocycles. The van der Waals surface area contributed by atoms with Crippen molar-refractivity contribution in [3.8, 4) is 11.5 Å². The molecule has 5 rings (SSSR count). The van der Waals surface area contributed by atoms with Crippen molar-refractivity contribution in [1.82, 2.24) is 4.98 Å². The Morgan fingerprint density at radius 2 is 1.78 bits per heavy atom. The van der Waals surface area contributed by atoms with Crippen LogP contribution in [0.3, 0.4) is 0 Å². The van der Waals surface area contributed by atoms with Gasteiger partial charge in [0.1, 0.15) is 28.6 Å². The molecule has 7 nitrogen and oxygen atoms in total. The minimum atomic E-state index is -1.13. The van der Waals surface area contributed by atoms with Crippen molar-refractivity contribution in [2.45, 2.75) is 13.0 Å². The second-order valence-corrected chi connectivity index (χ2v) is 8.96. The Hall–Kier alpha value is -4.31. The smallest absolute Gasteiger partial charge is 0.301 e. The summed E-state index contributed by atoms with van der Waals surface area (Å²) in [6, 6.07) is 12.7. The van der Waals surface area contributed by atoms with Gasteiger partial charge in [0.25, 0.3) is 5.78 Å². The number of Topliss-reactive ketones (excluding diaryl/α,β-unsaturated/α-hetero) is 1. The van der Waals surface area contributed by atoms with Crippen molar-refractivity contribution in [2.75, 3.05) is 11.5 Å². The third kappa shape index (κ3) is 3.95. The van der Waals surface area contributed by atoms with Crippen molar-refractivity contribution in [3.05, 3.63) is 89.0 Å². The molecule has 0 spiro atoms. The summed E-state index contributed by atoms with van der Waals surface area (Å²) < 4.78 is 33.7. The van der Waals surface area contributed by atoms with E-state index in [2.05, 4.69) is 4.98 Å².